The standard InChI is InChI=1S/C55H48N2/c1-41-27-33-49(34-28-41)57(51-37-31-45(32-38-51)43-17-7-3-8-18-43)53-24-14-20-47(40-53)55-26-12-11-25-54(55)46-19-13-23-52(39-46)56(48-21-9-4-10-22-48)50-35-29-44(30-36-50)42-15-5-2-6-16-42/h2-17,19-27,29,31-35,37-41,43H,18,28,30,36H2,1H3. The Morgan fingerprint density at radius 3 is 1.72 bits per heavy atom. The van der Waals surface area contributed by atoms with Gasteiger partial charge in [0.15, 0.2) is 0 Å². The molecule has 3 aliphatic carbocycles. The molecular weight excluding hydrogens is 689 g/mol. The van der Waals surface area contributed by atoms with Crippen LogP contribution in [-0.2, 0) is 0 Å². The highest BCUT2D eigenvalue weighted by Crippen LogP contribution is 2.41. The molecule has 2 atom stereocenters. The molecule has 2 nitrogen and oxygen atoms in total. The largest absolute Gasteiger partial charge is 0.314 e. The minimum absolute atomic E-state index is 0.425. The maximum Gasteiger partial charge on any atom is 0.0467 e. The summed E-state index contributed by atoms with van der Waals surface area (Å²) in [5.74, 6) is 0.961. The summed E-state index contributed by atoms with van der Waals surface area (Å²) in [6, 6.07) is 57.7. The van der Waals surface area contributed by atoms with E-state index in [1.165, 1.54) is 61.7 Å². The number of allylic oxidation sites excluding steroid dienone is 11. The predicted octanol–water partition coefficient (Wildman–Crippen LogP) is 15.1. The molecule has 3 aliphatic rings. The SMILES string of the molecule is CC1C=CC(N(c2ccc(C3C=CC=CC3)cc2)c2cccc(-c3ccccc3-c3cccc(N(C4=CC=C(c5ccccc5)CC4)c4ccccc4)c3)c2)=CC1. The molecule has 0 aliphatic heterocycles. The molecule has 0 radical (unpaired) electrons. The molecule has 57 heavy (non-hydrogen) atoms. The van der Waals surface area contributed by atoms with Gasteiger partial charge in [-0.2, -0.15) is 0 Å². The first-order valence-electron chi connectivity index (χ1n) is 20.4. The number of para-hydroxylation sites is 1. The smallest absolute Gasteiger partial charge is 0.0467 e. The van der Waals surface area contributed by atoms with E-state index in [4.69, 9.17) is 0 Å². The van der Waals surface area contributed by atoms with Crippen molar-refractivity contribution in [2.45, 2.75) is 38.5 Å². The fourth-order valence-electron chi connectivity index (χ4n) is 8.40. The lowest BCUT2D eigenvalue weighted by Crippen LogP contribution is -2.18. The quantitative estimate of drug-likeness (QED) is 0.138. The molecule has 0 heterocycles. The number of hydrogen-bond donors (Lipinski definition) is 0. The number of nitrogens with zero attached hydrogens (tertiary/aromatic N) is 2. The molecule has 9 rings (SSSR count). The highest BCUT2D eigenvalue weighted by molar-refractivity contribution is 5.87. The summed E-state index contributed by atoms with van der Waals surface area (Å²) in [5.41, 5.74) is 16.0. The van der Waals surface area contributed by atoms with E-state index in [2.05, 4.69) is 229 Å². The highest BCUT2D eigenvalue weighted by atomic mass is 15.2. The predicted molar refractivity (Wildman–Crippen MR) is 243 cm³/mol. The zero-order chi connectivity index (χ0) is 38.4. The van der Waals surface area contributed by atoms with Crippen molar-refractivity contribution in [1.29, 1.82) is 0 Å². The van der Waals surface area contributed by atoms with Gasteiger partial charge in [0.1, 0.15) is 0 Å². The van der Waals surface area contributed by atoms with Crippen LogP contribution in [0.25, 0.3) is 27.8 Å². The van der Waals surface area contributed by atoms with Crippen molar-refractivity contribution >= 4 is 28.3 Å². The number of rotatable bonds is 10. The van der Waals surface area contributed by atoms with Crippen molar-refractivity contribution in [1.82, 2.24) is 0 Å². The Kier molecular flexibility index (Phi) is 10.5. The summed E-state index contributed by atoms with van der Waals surface area (Å²) in [4.78, 5) is 4.85. The third-order valence-corrected chi connectivity index (χ3v) is 11.4. The van der Waals surface area contributed by atoms with Crippen molar-refractivity contribution in [3.8, 4) is 22.3 Å². The fourth-order valence-corrected chi connectivity index (χ4v) is 8.40. The molecule has 0 aromatic heterocycles. The van der Waals surface area contributed by atoms with E-state index in [0.717, 1.165) is 37.1 Å². The Labute approximate surface area is 338 Å². The number of anilines is 4. The van der Waals surface area contributed by atoms with Crippen LogP contribution in [0.1, 0.15) is 49.7 Å². The highest BCUT2D eigenvalue weighted by Gasteiger charge is 2.21. The molecule has 0 bridgehead atoms. The van der Waals surface area contributed by atoms with E-state index >= 15 is 0 Å². The molecule has 2 heteroatoms. The minimum Gasteiger partial charge on any atom is -0.314 e. The van der Waals surface area contributed by atoms with Crippen molar-refractivity contribution in [3.05, 3.63) is 235 Å². The Bertz CT molecular complexity index is 2530. The van der Waals surface area contributed by atoms with Crippen molar-refractivity contribution in [2.24, 2.45) is 5.92 Å². The molecule has 6 aromatic rings. The van der Waals surface area contributed by atoms with E-state index in [-0.39, 0.29) is 0 Å². The Hall–Kier alpha value is -6.64. The molecule has 0 fully saturated rings. The van der Waals surface area contributed by atoms with Gasteiger partial charge in [0.2, 0.25) is 0 Å². The van der Waals surface area contributed by atoms with Gasteiger partial charge >= 0.3 is 0 Å². The second kappa shape index (κ2) is 16.6. The molecule has 0 amide bonds. The molecule has 0 saturated carbocycles. The average molecular weight is 737 g/mol. The number of hydrogen-bond acceptors (Lipinski definition) is 2. The number of benzene rings is 6. The normalized spacial score (nSPS) is 17.4. The van der Waals surface area contributed by atoms with Gasteiger partial charge in [0, 0.05) is 40.1 Å². The first-order chi connectivity index (χ1) is 28.2. The van der Waals surface area contributed by atoms with Crippen molar-refractivity contribution in [3.63, 3.8) is 0 Å². The van der Waals surface area contributed by atoms with Gasteiger partial charge in [-0.25, -0.2) is 0 Å². The third-order valence-electron chi connectivity index (χ3n) is 11.4. The second-order valence-electron chi connectivity index (χ2n) is 15.3. The van der Waals surface area contributed by atoms with Crippen LogP contribution in [0.5, 0.6) is 0 Å². The van der Waals surface area contributed by atoms with Crippen LogP contribution in [0.15, 0.2) is 224 Å². The Morgan fingerprint density at radius 2 is 1.11 bits per heavy atom. The fraction of sp³-hybridized carbons (Fsp3) is 0.127. The second-order valence-corrected chi connectivity index (χ2v) is 15.3. The Morgan fingerprint density at radius 1 is 0.491 bits per heavy atom. The van der Waals surface area contributed by atoms with Gasteiger partial charge in [-0.1, -0.05) is 159 Å². The monoisotopic (exact) mass is 736 g/mol. The van der Waals surface area contributed by atoms with E-state index < -0.39 is 0 Å². The van der Waals surface area contributed by atoms with E-state index in [0.29, 0.717) is 11.8 Å². The van der Waals surface area contributed by atoms with Crippen molar-refractivity contribution in [2.75, 3.05) is 9.80 Å². The van der Waals surface area contributed by atoms with Crippen LogP contribution in [0.3, 0.4) is 0 Å². The average Bonchev–Trinajstić information content (AvgIpc) is 3.29. The zero-order valence-electron chi connectivity index (χ0n) is 32.6. The van der Waals surface area contributed by atoms with Gasteiger partial charge in [-0.15, -0.1) is 0 Å². The molecule has 278 valence electrons. The summed E-state index contributed by atoms with van der Waals surface area (Å²) >= 11 is 0. The lowest BCUT2D eigenvalue weighted by atomic mass is 9.92. The summed E-state index contributed by atoms with van der Waals surface area (Å²) < 4.78 is 0. The topological polar surface area (TPSA) is 6.48 Å². The minimum atomic E-state index is 0.425. The van der Waals surface area contributed by atoms with Crippen LogP contribution in [0.2, 0.25) is 0 Å². The van der Waals surface area contributed by atoms with Crippen LogP contribution >= 0.6 is 0 Å². The zero-order valence-corrected chi connectivity index (χ0v) is 32.6. The molecule has 0 N–H and O–H groups in total. The van der Waals surface area contributed by atoms with E-state index in [9.17, 15) is 0 Å². The van der Waals surface area contributed by atoms with Crippen LogP contribution in [0, 0.1) is 5.92 Å². The lowest BCUT2D eigenvalue weighted by molar-refractivity contribution is 0.728. The third kappa shape index (κ3) is 7.90. The summed E-state index contributed by atoms with van der Waals surface area (Å²) in [6.45, 7) is 2.28. The molecule has 0 spiro atoms. The van der Waals surface area contributed by atoms with Gasteiger partial charge in [-0.3, -0.25) is 0 Å². The van der Waals surface area contributed by atoms with Crippen LogP contribution < -0.4 is 9.80 Å². The molecule has 6 aromatic carbocycles. The van der Waals surface area contributed by atoms with Crippen molar-refractivity contribution < 1.29 is 0 Å². The molecular formula is C55H48N2. The van der Waals surface area contributed by atoms with Crippen LogP contribution in [0.4, 0.5) is 22.7 Å². The van der Waals surface area contributed by atoms with E-state index in [1.807, 2.05) is 0 Å². The maximum absolute atomic E-state index is 2.43. The summed E-state index contributed by atoms with van der Waals surface area (Å²) in [5, 5.41) is 0. The van der Waals surface area contributed by atoms with Crippen LogP contribution in [-0.4, -0.2) is 0 Å². The molecule has 0 saturated heterocycles. The summed E-state index contributed by atoms with van der Waals surface area (Å²) in [6.07, 6.45) is 24.5. The lowest BCUT2D eigenvalue weighted by Gasteiger charge is -2.30. The van der Waals surface area contributed by atoms with Gasteiger partial charge in [0.05, 0.1) is 0 Å². The first-order valence-corrected chi connectivity index (χ1v) is 20.4. The molecule has 2 unspecified atom stereocenters. The van der Waals surface area contributed by atoms with Gasteiger partial charge in [-0.05, 0) is 131 Å². The summed E-state index contributed by atoms with van der Waals surface area (Å²) in [7, 11) is 0. The van der Waals surface area contributed by atoms with Gasteiger partial charge in [0.25, 0.3) is 0 Å². The Balaban J connectivity index is 1.07. The van der Waals surface area contributed by atoms with E-state index in [1.54, 1.807) is 0 Å². The van der Waals surface area contributed by atoms with Gasteiger partial charge < -0.3 is 9.80 Å². The maximum atomic E-state index is 2.43. The first kappa shape index (κ1) is 36.0.